The summed E-state index contributed by atoms with van der Waals surface area (Å²) in [6, 6.07) is 0. The van der Waals surface area contributed by atoms with Crippen molar-refractivity contribution in [1.82, 2.24) is 0 Å². The van der Waals surface area contributed by atoms with Gasteiger partial charge in [-0.15, -0.1) is 0 Å². The maximum absolute atomic E-state index is 11.7. The first-order chi connectivity index (χ1) is 9.72. The molecule has 0 fully saturated rings. The van der Waals surface area contributed by atoms with Crippen molar-refractivity contribution in [2.75, 3.05) is 6.61 Å². The molecule has 2 heteroatoms. The zero-order chi connectivity index (χ0) is 15.1. The van der Waals surface area contributed by atoms with Gasteiger partial charge in [-0.1, -0.05) is 71.3 Å². The zero-order valence-electron chi connectivity index (χ0n) is 13.9. The van der Waals surface area contributed by atoms with Gasteiger partial charge in [-0.25, -0.2) is 4.79 Å². The monoisotopic (exact) mass is 282 g/mol. The molecule has 0 aromatic carbocycles. The minimum atomic E-state index is -0.131. The quantitative estimate of drug-likeness (QED) is 0.242. The van der Waals surface area contributed by atoms with Crippen molar-refractivity contribution < 1.29 is 9.53 Å². The van der Waals surface area contributed by atoms with Gasteiger partial charge in [0.1, 0.15) is 0 Å². The topological polar surface area (TPSA) is 26.3 Å². The number of rotatable bonds is 13. The minimum Gasteiger partial charge on any atom is -0.462 e. The van der Waals surface area contributed by atoms with E-state index in [1.165, 1.54) is 57.8 Å². The zero-order valence-corrected chi connectivity index (χ0v) is 13.9. The van der Waals surface area contributed by atoms with Crippen LogP contribution in [-0.4, -0.2) is 12.6 Å². The van der Waals surface area contributed by atoms with E-state index in [4.69, 9.17) is 4.74 Å². The first-order valence-electron chi connectivity index (χ1n) is 8.56. The SMILES string of the molecule is CCCCCCC=C(C)C(=O)OCCCCCCCC. The molecule has 20 heavy (non-hydrogen) atoms. The lowest BCUT2D eigenvalue weighted by molar-refractivity contribution is -0.139. The van der Waals surface area contributed by atoms with Gasteiger partial charge in [0, 0.05) is 5.57 Å². The number of allylic oxidation sites excluding steroid dienone is 1. The molecule has 0 spiro atoms. The Labute approximate surface area is 126 Å². The van der Waals surface area contributed by atoms with Crippen molar-refractivity contribution in [3.8, 4) is 0 Å². The molecule has 118 valence electrons. The Morgan fingerprint density at radius 3 is 2.05 bits per heavy atom. The summed E-state index contributed by atoms with van der Waals surface area (Å²) in [7, 11) is 0. The third kappa shape index (κ3) is 12.3. The summed E-state index contributed by atoms with van der Waals surface area (Å²) < 4.78 is 5.28. The standard InChI is InChI=1S/C18H34O2/c1-4-6-8-10-12-14-16-20-18(19)17(3)15-13-11-9-7-5-2/h15H,4-14,16H2,1-3H3. The maximum Gasteiger partial charge on any atom is 0.333 e. The second-order valence-corrected chi connectivity index (χ2v) is 5.64. The van der Waals surface area contributed by atoms with Gasteiger partial charge in [-0.2, -0.15) is 0 Å². The Kier molecular flexibility index (Phi) is 14.0. The van der Waals surface area contributed by atoms with Gasteiger partial charge >= 0.3 is 5.97 Å². The van der Waals surface area contributed by atoms with Crippen LogP contribution in [0.5, 0.6) is 0 Å². The predicted molar refractivity (Wildman–Crippen MR) is 86.9 cm³/mol. The largest absolute Gasteiger partial charge is 0.462 e. The highest BCUT2D eigenvalue weighted by atomic mass is 16.5. The molecule has 0 aromatic rings. The van der Waals surface area contributed by atoms with E-state index < -0.39 is 0 Å². The number of hydrogen-bond acceptors (Lipinski definition) is 2. The molecule has 0 aromatic heterocycles. The lowest BCUT2D eigenvalue weighted by atomic mass is 10.1. The van der Waals surface area contributed by atoms with E-state index in [1.54, 1.807) is 0 Å². The van der Waals surface area contributed by atoms with Crippen LogP contribution >= 0.6 is 0 Å². The second kappa shape index (κ2) is 14.6. The van der Waals surface area contributed by atoms with E-state index in [9.17, 15) is 4.79 Å². The molecule has 2 nitrogen and oxygen atoms in total. The molecule has 0 bridgehead atoms. The summed E-state index contributed by atoms with van der Waals surface area (Å²) >= 11 is 0. The molecule has 0 saturated heterocycles. The van der Waals surface area contributed by atoms with Gasteiger partial charge in [-0.05, 0) is 26.2 Å². The number of ether oxygens (including phenoxy) is 1. The highest BCUT2D eigenvalue weighted by Gasteiger charge is 2.04. The van der Waals surface area contributed by atoms with Crippen molar-refractivity contribution in [2.45, 2.75) is 91.4 Å². The van der Waals surface area contributed by atoms with Crippen molar-refractivity contribution in [3.05, 3.63) is 11.6 Å². The minimum absolute atomic E-state index is 0.131. The second-order valence-electron chi connectivity index (χ2n) is 5.64. The summed E-state index contributed by atoms with van der Waals surface area (Å²) in [6.45, 7) is 6.87. The van der Waals surface area contributed by atoms with Crippen LogP contribution < -0.4 is 0 Å². The summed E-state index contributed by atoms with van der Waals surface area (Å²) in [4.78, 5) is 11.7. The van der Waals surface area contributed by atoms with Crippen LogP contribution in [-0.2, 0) is 9.53 Å². The Bertz CT molecular complexity index is 256. The number of carbonyl (C=O) groups excluding carboxylic acids is 1. The fourth-order valence-corrected chi connectivity index (χ4v) is 2.13. The van der Waals surface area contributed by atoms with Crippen molar-refractivity contribution in [2.24, 2.45) is 0 Å². The van der Waals surface area contributed by atoms with E-state index in [2.05, 4.69) is 13.8 Å². The Morgan fingerprint density at radius 1 is 0.850 bits per heavy atom. The van der Waals surface area contributed by atoms with Crippen LogP contribution in [0.2, 0.25) is 0 Å². The number of esters is 1. The van der Waals surface area contributed by atoms with Gasteiger partial charge < -0.3 is 4.74 Å². The van der Waals surface area contributed by atoms with Crippen molar-refractivity contribution >= 4 is 5.97 Å². The smallest absolute Gasteiger partial charge is 0.333 e. The molecule has 0 atom stereocenters. The lowest BCUT2D eigenvalue weighted by Gasteiger charge is -2.05. The third-order valence-electron chi connectivity index (χ3n) is 3.56. The van der Waals surface area contributed by atoms with Crippen LogP contribution in [0.25, 0.3) is 0 Å². The summed E-state index contributed by atoms with van der Waals surface area (Å²) in [5.74, 6) is -0.131. The van der Waals surface area contributed by atoms with Crippen LogP contribution in [0.4, 0.5) is 0 Å². The van der Waals surface area contributed by atoms with Crippen molar-refractivity contribution in [1.29, 1.82) is 0 Å². The first kappa shape index (κ1) is 19.2. The average Bonchev–Trinajstić information content (AvgIpc) is 2.45. The fourth-order valence-electron chi connectivity index (χ4n) is 2.13. The summed E-state index contributed by atoms with van der Waals surface area (Å²) in [5, 5.41) is 0. The molecule has 0 aliphatic rings. The van der Waals surface area contributed by atoms with Gasteiger partial charge in [0.05, 0.1) is 6.61 Å². The van der Waals surface area contributed by atoms with Crippen molar-refractivity contribution in [3.63, 3.8) is 0 Å². The lowest BCUT2D eigenvalue weighted by Crippen LogP contribution is -2.07. The van der Waals surface area contributed by atoms with E-state index in [-0.39, 0.29) is 5.97 Å². The van der Waals surface area contributed by atoms with E-state index >= 15 is 0 Å². The molecule has 0 unspecified atom stereocenters. The number of hydrogen-bond donors (Lipinski definition) is 0. The normalized spacial score (nSPS) is 11.7. The molecule has 0 heterocycles. The van der Waals surface area contributed by atoms with E-state index in [0.717, 1.165) is 18.4 Å². The molecule has 0 rings (SSSR count). The fraction of sp³-hybridized carbons (Fsp3) is 0.833. The van der Waals surface area contributed by atoms with E-state index in [0.29, 0.717) is 6.61 Å². The van der Waals surface area contributed by atoms with Gasteiger partial charge in [0.15, 0.2) is 0 Å². The number of carbonyl (C=O) groups is 1. The molecule has 0 saturated carbocycles. The molecular formula is C18H34O2. The molecule has 0 amide bonds. The molecule has 0 radical (unpaired) electrons. The molecular weight excluding hydrogens is 248 g/mol. The predicted octanol–water partition coefficient (Wildman–Crippen LogP) is 5.81. The number of unbranched alkanes of at least 4 members (excludes halogenated alkanes) is 9. The molecule has 0 aliphatic carbocycles. The summed E-state index contributed by atoms with van der Waals surface area (Å²) in [5.41, 5.74) is 0.771. The molecule has 0 aliphatic heterocycles. The third-order valence-corrected chi connectivity index (χ3v) is 3.56. The van der Waals surface area contributed by atoms with Crippen LogP contribution in [0.15, 0.2) is 11.6 Å². The Hall–Kier alpha value is -0.790. The van der Waals surface area contributed by atoms with Crippen LogP contribution in [0.3, 0.4) is 0 Å². The first-order valence-corrected chi connectivity index (χ1v) is 8.56. The van der Waals surface area contributed by atoms with Crippen LogP contribution in [0.1, 0.15) is 91.4 Å². The average molecular weight is 282 g/mol. The summed E-state index contributed by atoms with van der Waals surface area (Å²) in [6.07, 6.45) is 15.3. The van der Waals surface area contributed by atoms with Gasteiger partial charge in [-0.3, -0.25) is 0 Å². The van der Waals surface area contributed by atoms with Crippen LogP contribution in [0, 0.1) is 0 Å². The highest BCUT2D eigenvalue weighted by molar-refractivity contribution is 5.87. The Balaban J connectivity index is 3.51. The maximum atomic E-state index is 11.7. The Morgan fingerprint density at radius 2 is 1.40 bits per heavy atom. The molecule has 0 N–H and O–H groups in total. The van der Waals surface area contributed by atoms with Gasteiger partial charge in [0.2, 0.25) is 0 Å². The van der Waals surface area contributed by atoms with Gasteiger partial charge in [0.25, 0.3) is 0 Å². The highest BCUT2D eigenvalue weighted by Crippen LogP contribution is 2.08. The van der Waals surface area contributed by atoms with E-state index in [1.807, 2.05) is 13.0 Å².